The number of carbonyl (C=O) groups is 2. The van der Waals surface area contributed by atoms with Gasteiger partial charge in [-0.1, -0.05) is 53.7 Å². The first-order valence-electron chi connectivity index (χ1n) is 8.59. The van der Waals surface area contributed by atoms with E-state index in [1.54, 1.807) is 19.1 Å². The lowest BCUT2D eigenvalue weighted by atomic mass is 9.87. The smallest absolute Gasteiger partial charge is 0.271 e. The summed E-state index contributed by atoms with van der Waals surface area (Å²) < 4.78 is 0. The Morgan fingerprint density at radius 3 is 2.04 bits per heavy atom. The SMILES string of the molecule is C/C(CC(=O)NCC(C)(C)C)=N\NC(=O)c1ccc(C(C)(C)C)cc1. The van der Waals surface area contributed by atoms with Gasteiger partial charge in [0.15, 0.2) is 0 Å². The standard InChI is InChI=1S/C20H31N3O2/c1-14(12-17(24)21-13-19(2,3)4)22-23-18(25)15-8-10-16(11-9-15)20(5,6)7/h8-11H,12-13H2,1-7H3,(H,21,24)(H,23,25)/b22-14+. The molecule has 25 heavy (non-hydrogen) atoms. The van der Waals surface area contributed by atoms with E-state index < -0.39 is 0 Å². The normalized spacial score (nSPS) is 12.7. The first-order valence-corrected chi connectivity index (χ1v) is 8.59. The third-order valence-corrected chi connectivity index (χ3v) is 3.59. The number of nitrogens with zero attached hydrogens (tertiary/aromatic N) is 1. The highest BCUT2D eigenvalue weighted by atomic mass is 16.2. The minimum absolute atomic E-state index is 0.0359. The summed E-state index contributed by atoms with van der Waals surface area (Å²) in [6.07, 6.45) is 0.166. The Morgan fingerprint density at radius 2 is 1.56 bits per heavy atom. The summed E-state index contributed by atoms with van der Waals surface area (Å²) in [5.41, 5.74) is 4.86. The molecule has 0 bridgehead atoms. The summed E-state index contributed by atoms with van der Waals surface area (Å²) in [4.78, 5) is 24.0. The second-order valence-electron chi connectivity index (χ2n) is 8.63. The van der Waals surface area contributed by atoms with E-state index in [0.29, 0.717) is 17.8 Å². The first-order chi connectivity index (χ1) is 11.4. The van der Waals surface area contributed by atoms with Crippen molar-refractivity contribution in [1.29, 1.82) is 0 Å². The fourth-order valence-corrected chi connectivity index (χ4v) is 2.03. The van der Waals surface area contributed by atoms with Crippen molar-refractivity contribution in [3.8, 4) is 0 Å². The van der Waals surface area contributed by atoms with Gasteiger partial charge in [-0.05, 0) is 35.4 Å². The van der Waals surface area contributed by atoms with Crippen LogP contribution in [-0.4, -0.2) is 24.1 Å². The van der Waals surface area contributed by atoms with Crippen molar-refractivity contribution in [2.75, 3.05) is 6.54 Å². The molecule has 0 aromatic heterocycles. The van der Waals surface area contributed by atoms with Crippen molar-refractivity contribution in [3.63, 3.8) is 0 Å². The van der Waals surface area contributed by atoms with Gasteiger partial charge in [-0.15, -0.1) is 0 Å². The maximum atomic E-state index is 12.1. The molecule has 0 atom stereocenters. The Morgan fingerprint density at radius 1 is 1.00 bits per heavy atom. The quantitative estimate of drug-likeness (QED) is 0.632. The molecule has 0 spiro atoms. The Kier molecular flexibility index (Phi) is 6.91. The molecule has 0 aliphatic heterocycles. The van der Waals surface area contributed by atoms with Crippen LogP contribution in [0.2, 0.25) is 0 Å². The molecule has 2 amide bonds. The Labute approximate surface area is 151 Å². The summed E-state index contributed by atoms with van der Waals surface area (Å²) in [6, 6.07) is 7.48. The molecule has 0 radical (unpaired) electrons. The Hall–Kier alpha value is -2.17. The van der Waals surface area contributed by atoms with E-state index in [1.165, 1.54) is 5.56 Å². The number of hydrogen-bond acceptors (Lipinski definition) is 3. The lowest BCUT2D eigenvalue weighted by molar-refractivity contribution is -0.120. The summed E-state index contributed by atoms with van der Waals surface area (Å²) in [6.45, 7) is 14.9. The van der Waals surface area contributed by atoms with Gasteiger partial charge in [0.2, 0.25) is 5.91 Å². The second-order valence-corrected chi connectivity index (χ2v) is 8.63. The fraction of sp³-hybridized carbons (Fsp3) is 0.550. The number of amides is 2. The minimum atomic E-state index is -0.282. The van der Waals surface area contributed by atoms with Crippen LogP contribution in [-0.2, 0) is 10.2 Å². The molecule has 0 aliphatic carbocycles. The van der Waals surface area contributed by atoms with Gasteiger partial charge in [-0.3, -0.25) is 9.59 Å². The highest BCUT2D eigenvalue weighted by molar-refractivity contribution is 6.01. The van der Waals surface area contributed by atoms with Gasteiger partial charge < -0.3 is 5.32 Å². The highest BCUT2D eigenvalue weighted by Crippen LogP contribution is 2.22. The molecular formula is C20H31N3O2. The molecule has 1 aromatic carbocycles. The van der Waals surface area contributed by atoms with Gasteiger partial charge in [-0.2, -0.15) is 5.10 Å². The minimum Gasteiger partial charge on any atom is -0.355 e. The molecule has 5 nitrogen and oxygen atoms in total. The summed E-state index contributed by atoms with van der Waals surface area (Å²) in [5, 5.41) is 6.87. The van der Waals surface area contributed by atoms with E-state index >= 15 is 0 Å². The molecule has 5 heteroatoms. The van der Waals surface area contributed by atoms with Crippen LogP contribution < -0.4 is 10.7 Å². The first kappa shape index (κ1) is 20.9. The summed E-state index contributed by atoms with van der Waals surface area (Å²) >= 11 is 0. The third-order valence-electron chi connectivity index (χ3n) is 3.59. The maximum absolute atomic E-state index is 12.1. The topological polar surface area (TPSA) is 70.6 Å². The lowest BCUT2D eigenvalue weighted by Gasteiger charge is -2.19. The molecule has 0 saturated heterocycles. The van der Waals surface area contributed by atoms with E-state index in [2.05, 4.69) is 57.4 Å². The number of hydrogen-bond donors (Lipinski definition) is 2. The van der Waals surface area contributed by atoms with Gasteiger partial charge in [0.05, 0.1) is 6.42 Å². The highest BCUT2D eigenvalue weighted by Gasteiger charge is 2.15. The van der Waals surface area contributed by atoms with E-state index in [0.717, 1.165) is 0 Å². The average molecular weight is 345 g/mol. The molecule has 138 valence electrons. The van der Waals surface area contributed by atoms with Gasteiger partial charge in [-0.25, -0.2) is 5.43 Å². The zero-order valence-corrected chi connectivity index (χ0v) is 16.5. The average Bonchev–Trinajstić information content (AvgIpc) is 2.49. The molecule has 2 N–H and O–H groups in total. The van der Waals surface area contributed by atoms with Crippen molar-refractivity contribution in [2.45, 2.75) is 60.3 Å². The summed E-state index contributed by atoms with van der Waals surface area (Å²) in [5.74, 6) is -0.380. The van der Waals surface area contributed by atoms with Crippen molar-refractivity contribution in [1.82, 2.24) is 10.7 Å². The van der Waals surface area contributed by atoms with Crippen LogP contribution in [0, 0.1) is 5.41 Å². The second kappa shape index (κ2) is 8.28. The Bertz CT molecular complexity index is 632. The van der Waals surface area contributed by atoms with E-state index in [1.807, 2.05) is 12.1 Å². The lowest BCUT2D eigenvalue weighted by Crippen LogP contribution is -2.33. The summed E-state index contributed by atoms with van der Waals surface area (Å²) in [7, 11) is 0. The molecule has 0 unspecified atom stereocenters. The van der Waals surface area contributed by atoms with Gasteiger partial charge in [0.1, 0.15) is 0 Å². The van der Waals surface area contributed by atoms with Crippen molar-refractivity contribution in [2.24, 2.45) is 10.5 Å². The number of rotatable bonds is 5. The zero-order valence-electron chi connectivity index (χ0n) is 16.5. The molecule has 0 aliphatic rings. The van der Waals surface area contributed by atoms with Crippen LogP contribution in [0.25, 0.3) is 0 Å². The Balaban J connectivity index is 2.56. The number of benzene rings is 1. The number of carbonyl (C=O) groups excluding carboxylic acids is 2. The van der Waals surface area contributed by atoms with Crippen molar-refractivity contribution < 1.29 is 9.59 Å². The zero-order chi connectivity index (χ0) is 19.3. The molecular weight excluding hydrogens is 314 g/mol. The molecule has 0 fully saturated rings. The predicted molar refractivity (Wildman–Crippen MR) is 103 cm³/mol. The number of hydrazone groups is 1. The van der Waals surface area contributed by atoms with Crippen LogP contribution in [0.1, 0.15) is 70.8 Å². The molecule has 1 rings (SSSR count). The third kappa shape index (κ3) is 7.96. The van der Waals surface area contributed by atoms with Gasteiger partial charge in [0.25, 0.3) is 5.91 Å². The monoisotopic (exact) mass is 345 g/mol. The van der Waals surface area contributed by atoms with Crippen LogP contribution in [0.3, 0.4) is 0 Å². The van der Waals surface area contributed by atoms with Crippen molar-refractivity contribution >= 4 is 17.5 Å². The van der Waals surface area contributed by atoms with E-state index in [9.17, 15) is 9.59 Å². The fourth-order valence-electron chi connectivity index (χ4n) is 2.03. The largest absolute Gasteiger partial charge is 0.355 e. The van der Waals surface area contributed by atoms with Crippen molar-refractivity contribution in [3.05, 3.63) is 35.4 Å². The molecule has 1 aromatic rings. The molecule has 0 heterocycles. The van der Waals surface area contributed by atoms with Crippen LogP contribution in [0.15, 0.2) is 29.4 Å². The predicted octanol–water partition coefficient (Wildman–Crippen LogP) is 3.64. The van der Waals surface area contributed by atoms with E-state index in [4.69, 9.17) is 0 Å². The number of nitrogens with one attached hydrogen (secondary N) is 2. The van der Waals surface area contributed by atoms with Crippen LogP contribution in [0.4, 0.5) is 0 Å². The van der Waals surface area contributed by atoms with Gasteiger partial charge >= 0.3 is 0 Å². The van der Waals surface area contributed by atoms with E-state index in [-0.39, 0.29) is 29.1 Å². The van der Waals surface area contributed by atoms with Crippen LogP contribution >= 0.6 is 0 Å². The van der Waals surface area contributed by atoms with Gasteiger partial charge in [0, 0.05) is 17.8 Å². The molecule has 0 saturated carbocycles. The van der Waals surface area contributed by atoms with Crippen LogP contribution in [0.5, 0.6) is 0 Å². The maximum Gasteiger partial charge on any atom is 0.271 e.